The average Bonchev–Trinajstić information content (AvgIpc) is 2.49. The average molecular weight is 324 g/mol. The van der Waals surface area contributed by atoms with E-state index in [1.54, 1.807) is 0 Å². The van der Waals surface area contributed by atoms with Crippen molar-refractivity contribution in [1.29, 1.82) is 0 Å². The highest BCUT2D eigenvalue weighted by Crippen LogP contribution is 2.09. The van der Waals surface area contributed by atoms with Crippen molar-refractivity contribution in [3.05, 3.63) is 58.0 Å². The lowest BCUT2D eigenvalue weighted by molar-refractivity contribution is 0.0945. The number of hydrogen-bond donors (Lipinski definition) is 4. The number of nitrogens with one attached hydrogen (secondary N) is 1. The van der Waals surface area contributed by atoms with Crippen LogP contribution in [0.2, 0.25) is 0 Å². The summed E-state index contributed by atoms with van der Waals surface area (Å²) in [6, 6.07) is 6.55. The highest BCUT2D eigenvalue weighted by Gasteiger charge is 2.10. The number of aromatic nitrogens is 1. The lowest BCUT2D eigenvalue weighted by Gasteiger charge is -2.09. The molecule has 1 unspecified atom stereocenters. The van der Waals surface area contributed by atoms with Gasteiger partial charge in [-0.3, -0.25) is 9.59 Å². The van der Waals surface area contributed by atoms with Crippen molar-refractivity contribution in [2.45, 2.75) is 11.4 Å². The molecule has 0 saturated carbocycles. The first-order chi connectivity index (χ1) is 10.4. The highest BCUT2D eigenvalue weighted by atomic mass is 32.2. The van der Waals surface area contributed by atoms with E-state index in [-0.39, 0.29) is 22.7 Å². The van der Waals surface area contributed by atoms with E-state index in [2.05, 4.69) is 5.32 Å². The van der Waals surface area contributed by atoms with E-state index >= 15 is 0 Å². The largest absolute Gasteiger partial charge is 0.503 e. The summed E-state index contributed by atoms with van der Waals surface area (Å²) in [5.41, 5.74) is -0.462. The van der Waals surface area contributed by atoms with Crippen molar-refractivity contribution in [3.63, 3.8) is 0 Å². The van der Waals surface area contributed by atoms with E-state index in [0.717, 1.165) is 12.3 Å². The van der Waals surface area contributed by atoms with Gasteiger partial charge in [0, 0.05) is 11.6 Å². The summed E-state index contributed by atoms with van der Waals surface area (Å²) >= 11 is -2.20. The zero-order valence-corrected chi connectivity index (χ0v) is 11.9. The predicted octanol–water partition coefficient (Wildman–Crippen LogP) is 0.302. The van der Waals surface area contributed by atoms with Gasteiger partial charge in [-0.25, -0.2) is 4.21 Å². The Bertz CT molecular complexity index is 801. The van der Waals surface area contributed by atoms with Crippen molar-refractivity contribution in [2.24, 2.45) is 0 Å². The molecule has 2 rings (SSSR count). The maximum atomic E-state index is 11.9. The number of carbonyl (C=O) groups is 1. The SMILES string of the molecule is O=C(NCc1cc(=O)c(O)cn1O)c1cccc(S(=O)O)c1. The second-order valence-corrected chi connectivity index (χ2v) is 5.29. The van der Waals surface area contributed by atoms with E-state index in [1.165, 1.54) is 24.3 Å². The zero-order chi connectivity index (χ0) is 16.3. The fourth-order valence-corrected chi connectivity index (χ4v) is 2.13. The Labute approximate surface area is 126 Å². The number of hydrogen-bond acceptors (Lipinski definition) is 5. The van der Waals surface area contributed by atoms with E-state index in [4.69, 9.17) is 9.66 Å². The Morgan fingerprint density at radius 2 is 2.05 bits per heavy atom. The molecule has 2 aromatic rings. The van der Waals surface area contributed by atoms with Gasteiger partial charge in [0.25, 0.3) is 5.91 Å². The van der Waals surface area contributed by atoms with Crippen molar-refractivity contribution in [2.75, 3.05) is 0 Å². The number of nitrogens with zero attached hydrogens (tertiary/aromatic N) is 1. The van der Waals surface area contributed by atoms with Gasteiger partial charge in [0.05, 0.1) is 23.3 Å². The van der Waals surface area contributed by atoms with Gasteiger partial charge >= 0.3 is 0 Å². The number of benzene rings is 1. The Hall–Kier alpha value is -2.65. The monoisotopic (exact) mass is 324 g/mol. The fourth-order valence-electron chi connectivity index (χ4n) is 1.70. The summed E-state index contributed by atoms with van der Waals surface area (Å²) in [5.74, 6) is -1.16. The van der Waals surface area contributed by atoms with Crippen LogP contribution in [0.1, 0.15) is 16.1 Å². The number of carbonyl (C=O) groups excluding carboxylic acids is 1. The summed E-state index contributed by atoms with van der Waals surface area (Å²) in [5, 5.41) is 21.1. The molecule has 1 amide bonds. The Balaban J connectivity index is 2.13. The zero-order valence-electron chi connectivity index (χ0n) is 11.1. The molecular weight excluding hydrogens is 312 g/mol. The Morgan fingerprint density at radius 1 is 1.32 bits per heavy atom. The third-order valence-corrected chi connectivity index (χ3v) is 3.47. The molecule has 116 valence electrons. The van der Waals surface area contributed by atoms with Gasteiger partial charge in [-0.15, -0.1) is 0 Å². The van der Waals surface area contributed by atoms with Crippen LogP contribution in [0.4, 0.5) is 0 Å². The molecule has 1 aromatic carbocycles. The molecule has 8 nitrogen and oxygen atoms in total. The second-order valence-electron chi connectivity index (χ2n) is 4.32. The highest BCUT2D eigenvalue weighted by molar-refractivity contribution is 7.79. The maximum absolute atomic E-state index is 11.9. The van der Waals surface area contributed by atoms with Crippen molar-refractivity contribution < 1.29 is 23.9 Å². The van der Waals surface area contributed by atoms with Crippen LogP contribution >= 0.6 is 0 Å². The summed E-state index contributed by atoms with van der Waals surface area (Å²) in [4.78, 5) is 23.3. The Morgan fingerprint density at radius 3 is 2.73 bits per heavy atom. The van der Waals surface area contributed by atoms with Crippen LogP contribution in [-0.4, -0.2) is 29.7 Å². The second kappa shape index (κ2) is 6.41. The molecule has 0 aliphatic rings. The molecule has 0 saturated heterocycles. The van der Waals surface area contributed by atoms with Crippen LogP contribution in [-0.2, 0) is 17.6 Å². The minimum Gasteiger partial charge on any atom is -0.503 e. The lowest BCUT2D eigenvalue weighted by Crippen LogP contribution is -2.25. The molecule has 0 aliphatic carbocycles. The molecule has 1 aromatic heterocycles. The van der Waals surface area contributed by atoms with Gasteiger partial charge in [0.15, 0.2) is 16.8 Å². The molecule has 1 atom stereocenters. The molecule has 0 spiro atoms. The van der Waals surface area contributed by atoms with Crippen LogP contribution < -0.4 is 10.7 Å². The summed E-state index contributed by atoms with van der Waals surface area (Å²) in [7, 11) is 0. The van der Waals surface area contributed by atoms with Gasteiger partial charge in [-0.2, -0.15) is 4.73 Å². The summed E-state index contributed by atoms with van der Waals surface area (Å²) in [6.45, 7) is -0.169. The third kappa shape index (κ3) is 3.51. The first-order valence-electron chi connectivity index (χ1n) is 6.01. The topological polar surface area (TPSA) is 129 Å². The van der Waals surface area contributed by atoms with Crippen LogP contribution in [0.5, 0.6) is 5.75 Å². The van der Waals surface area contributed by atoms with Crippen LogP contribution in [0.25, 0.3) is 0 Å². The van der Waals surface area contributed by atoms with E-state index in [1.807, 2.05) is 0 Å². The quantitative estimate of drug-likeness (QED) is 0.473. The predicted molar refractivity (Wildman–Crippen MR) is 76.2 cm³/mol. The van der Waals surface area contributed by atoms with Crippen LogP contribution in [0.15, 0.2) is 46.2 Å². The molecular formula is C13H12N2O6S. The van der Waals surface area contributed by atoms with Gasteiger partial charge in [-0.05, 0) is 18.2 Å². The van der Waals surface area contributed by atoms with Crippen molar-refractivity contribution in [3.8, 4) is 5.75 Å². The number of pyridine rings is 1. The summed E-state index contributed by atoms with van der Waals surface area (Å²) < 4.78 is 20.5. The smallest absolute Gasteiger partial charge is 0.251 e. The first-order valence-corrected chi connectivity index (χ1v) is 7.12. The maximum Gasteiger partial charge on any atom is 0.251 e. The third-order valence-electron chi connectivity index (χ3n) is 2.82. The molecule has 0 fully saturated rings. The van der Waals surface area contributed by atoms with Gasteiger partial charge in [0.2, 0.25) is 5.43 Å². The minimum atomic E-state index is -2.20. The number of amides is 1. The summed E-state index contributed by atoms with van der Waals surface area (Å²) in [6.07, 6.45) is 0.819. The van der Waals surface area contributed by atoms with E-state index < -0.39 is 28.2 Å². The molecule has 22 heavy (non-hydrogen) atoms. The van der Waals surface area contributed by atoms with Gasteiger partial charge < -0.3 is 20.2 Å². The van der Waals surface area contributed by atoms with Crippen LogP contribution in [0, 0.1) is 0 Å². The molecule has 4 N–H and O–H groups in total. The van der Waals surface area contributed by atoms with E-state index in [9.17, 15) is 19.0 Å². The lowest BCUT2D eigenvalue weighted by atomic mass is 10.2. The normalized spacial score (nSPS) is 11.9. The number of rotatable bonds is 4. The molecule has 0 aliphatic heterocycles. The minimum absolute atomic E-state index is 0.0676. The van der Waals surface area contributed by atoms with Crippen LogP contribution in [0.3, 0.4) is 0 Å². The Kier molecular flexibility index (Phi) is 4.59. The molecule has 0 bridgehead atoms. The molecule has 0 radical (unpaired) electrons. The standard InChI is InChI=1S/C13H12N2O6S/c16-11-5-9(15(19)7-12(11)17)6-14-13(18)8-2-1-3-10(4-8)22(20)21/h1-5,7,17,19H,6H2,(H,14,18)(H,20,21). The first kappa shape index (κ1) is 15.7. The number of aromatic hydroxyl groups is 1. The van der Waals surface area contributed by atoms with Crippen molar-refractivity contribution >= 4 is 17.0 Å². The van der Waals surface area contributed by atoms with Gasteiger partial charge in [-0.1, -0.05) is 6.07 Å². The fraction of sp³-hybridized carbons (Fsp3) is 0.0769. The molecule has 9 heteroatoms. The van der Waals surface area contributed by atoms with Gasteiger partial charge in [0.1, 0.15) is 0 Å². The molecule has 1 heterocycles. The van der Waals surface area contributed by atoms with Crippen molar-refractivity contribution in [1.82, 2.24) is 10.0 Å². The van der Waals surface area contributed by atoms with E-state index in [0.29, 0.717) is 4.73 Å².